The van der Waals surface area contributed by atoms with E-state index in [1.54, 1.807) is 6.07 Å². The zero-order chi connectivity index (χ0) is 20.9. The minimum absolute atomic E-state index is 0.151. The van der Waals surface area contributed by atoms with Crippen LogP contribution in [0.4, 0.5) is 13.2 Å². The summed E-state index contributed by atoms with van der Waals surface area (Å²) in [5, 5.41) is 3.90. The summed E-state index contributed by atoms with van der Waals surface area (Å²) in [4.78, 5) is 13.0. The molecule has 0 radical (unpaired) electrons. The van der Waals surface area contributed by atoms with E-state index in [0.717, 1.165) is 19.4 Å². The molecule has 2 heterocycles. The molecule has 1 fully saturated rings. The van der Waals surface area contributed by atoms with E-state index in [9.17, 15) is 18.0 Å². The van der Waals surface area contributed by atoms with Gasteiger partial charge in [-0.25, -0.2) is 0 Å². The highest BCUT2D eigenvalue weighted by Gasteiger charge is 2.31. The molecule has 2 aromatic rings. The van der Waals surface area contributed by atoms with Gasteiger partial charge in [0.05, 0.1) is 18.2 Å². The third-order valence-corrected chi connectivity index (χ3v) is 4.75. The molecule has 1 aliphatic heterocycles. The second-order valence-corrected chi connectivity index (χ2v) is 6.86. The third kappa shape index (κ3) is 5.94. The number of hydrogen-bond acceptors (Lipinski definition) is 5. The van der Waals surface area contributed by atoms with Gasteiger partial charge in [0.25, 0.3) is 5.56 Å². The molecule has 1 aliphatic rings. The van der Waals surface area contributed by atoms with Crippen LogP contribution in [0.15, 0.2) is 29.1 Å². The maximum Gasteiger partial charge on any atom is 0.573 e. The van der Waals surface area contributed by atoms with Crippen LogP contribution in [0.1, 0.15) is 25.3 Å². The number of nitrogens with one attached hydrogen (secondary N) is 1. The summed E-state index contributed by atoms with van der Waals surface area (Å²) >= 11 is 0. The minimum atomic E-state index is -4.80. The Morgan fingerprint density at radius 1 is 1.31 bits per heavy atom. The Kier molecular flexibility index (Phi) is 7.15. The van der Waals surface area contributed by atoms with Gasteiger partial charge in [-0.2, -0.15) is 0 Å². The first kappa shape index (κ1) is 21.6. The molecular formula is C20H25F3N2O4. The lowest BCUT2D eigenvalue weighted by Crippen LogP contribution is -2.31. The molecule has 1 atom stereocenters. The fourth-order valence-electron chi connectivity index (χ4n) is 3.43. The van der Waals surface area contributed by atoms with Gasteiger partial charge in [-0.05, 0) is 43.4 Å². The van der Waals surface area contributed by atoms with Crippen molar-refractivity contribution in [1.82, 2.24) is 9.88 Å². The number of ether oxygens (including phenoxy) is 3. The van der Waals surface area contributed by atoms with E-state index in [1.807, 2.05) is 6.92 Å². The number of benzene rings is 1. The lowest BCUT2D eigenvalue weighted by Gasteiger charge is -2.16. The highest BCUT2D eigenvalue weighted by atomic mass is 19.4. The predicted molar refractivity (Wildman–Crippen MR) is 102 cm³/mol. The SMILES string of the molecule is CCOCCn1c(=O)c(CNCC2CCCO2)cc2ccc(OC(F)(F)F)cc21. The van der Waals surface area contributed by atoms with Crippen molar-refractivity contribution in [2.45, 2.75) is 45.3 Å². The van der Waals surface area contributed by atoms with Gasteiger partial charge in [-0.15, -0.1) is 13.2 Å². The van der Waals surface area contributed by atoms with Gasteiger partial charge in [-0.3, -0.25) is 4.79 Å². The topological polar surface area (TPSA) is 61.7 Å². The van der Waals surface area contributed by atoms with Crippen molar-refractivity contribution < 1.29 is 27.4 Å². The first-order valence-corrected chi connectivity index (χ1v) is 9.69. The Hall–Kier alpha value is -2.10. The first-order valence-electron chi connectivity index (χ1n) is 9.69. The number of alkyl halides is 3. The number of rotatable bonds is 9. The van der Waals surface area contributed by atoms with E-state index >= 15 is 0 Å². The van der Waals surface area contributed by atoms with Crippen LogP contribution in [0.5, 0.6) is 5.75 Å². The second-order valence-electron chi connectivity index (χ2n) is 6.86. The van der Waals surface area contributed by atoms with Gasteiger partial charge >= 0.3 is 6.36 Å². The Bertz CT molecular complexity index is 876. The zero-order valence-corrected chi connectivity index (χ0v) is 16.3. The molecule has 1 unspecified atom stereocenters. The van der Waals surface area contributed by atoms with Gasteiger partial charge in [0.2, 0.25) is 0 Å². The van der Waals surface area contributed by atoms with Crippen molar-refractivity contribution in [3.05, 3.63) is 40.2 Å². The highest BCUT2D eigenvalue weighted by Crippen LogP contribution is 2.26. The molecule has 1 aromatic heterocycles. The third-order valence-electron chi connectivity index (χ3n) is 4.75. The number of nitrogens with zero attached hydrogens (tertiary/aromatic N) is 1. The summed E-state index contributed by atoms with van der Waals surface area (Å²) in [5.41, 5.74) is 0.650. The van der Waals surface area contributed by atoms with Gasteiger partial charge in [0.15, 0.2) is 0 Å². The van der Waals surface area contributed by atoms with Crippen LogP contribution in [0.3, 0.4) is 0 Å². The fraction of sp³-hybridized carbons (Fsp3) is 0.550. The van der Waals surface area contributed by atoms with Crippen molar-refractivity contribution in [2.24, 2.45) is 0 Å². The van der Waals surface area contributed by atoms with Crippen molar-refractivity contribution in [1.29, 1.82) is 0 Å². The summed E-state index contributed by atoms with van der Waals surface area (Å²) < 4.78 is 54.1. The van der Waals surface area contributed by atoms with Crippen LogP contribution in [-0.4, -0.2) is 43.4 Å². The van der Waals surface area contributed by atoms with Crippen LogP contribution < -0.4 is 15.6 Å². The molecule has 0 saturated carbocycles. The number of fused-ring (bicyclic) bond motifs is 1. The number of aromatic nitrogens is 1. The number of hydrogen-bond donors (Lipinski definition) is 1. The van der Waals surface area contributed by atoms with Crippen molar-refractivity contribution in [3.63, 3.8) is 0 Å². The molecule has 9 heteroatoms. The first-order chi connectivity index (χ1) is 13.9. The van der Waals surface area contributed by atoms with Crippen molar-refractivity contribution >= 4 is 10.9 Å². The molecule has 0 aliphatic carbocycles. The molecule has 1 aromatic carbocycles. The summed E-state index contributed by atoms with van der Waals surface area (Å²) in [7, 11) is 0. The lowest BCUT2D eigenvalue weighted by molar-refractivity contribution is -0.274. The average Bonchev–Trinajstić information content (AvgIpc) is 3.17. The molecule has 0 bridgehead atoms. The Morgan fingerprint density at radius 2 is 2.14 bits per heavy atom. The Balaban J connectivity index is 1.87. The van der Waals surface area contributed by atoms with E-state index in [2.05, 4.69) is 10.1 Å². The predicted octanol–water partition coefficient (Wildman–Crippen LogP) is 3.21. The van der Waals surface area contributed by atoms with Gasteiger partial charge in [0.1, 0.15) is 5.75 Å². The average molecular weight is 414 g/mol. The van der Waals surface area contributed by atoms with Crippen molar-refractivity contribution in [3.8, 4) is 5.75 Å². The molecule has 1 N–H and O–H groups in total. The van der Waals surface area contributed by atoms with E-state index < -0.39 is 6.36 Å². The fourth-order valence-corrected chi connectivity index (χ4v) is 3.43. The molecule has 6 nitrogen and oxygen atoms in total. The van der Waals surface area contributed by atoms with E-state index in [-0.39, 0.29) is 30.6 Å². The second kappa shape index (κ2) is 9.60. The van der Waals surface area contributed by atoms with Crippen LogP contribution in [0.2, 0.25) is 0 Å². The summed E-state index contributed by atoms with van der Waals surface area (Å²) in [6.45, 7) is 4.59. The van der Waals surface area contributed by atoms with Crippen LogP contribution in [-0.2, 0) is 22.6 Å². The molecule has 160 valence electrons. The van der Waals surface area contributed by atoms with Crippen molar-refractivity contribution in [2.75, 3.05) is 26.4 Å². The summed E-state index contributed by atoms with van der Waals surface area (Å²) in [6.07, 6.45) is -2.62. The number of halogens is 3. The van der Waals surface area contributed by atoms with Crippen LogP contribution in [0.25, 0.3) is 10.9 Å². The van der Waals surface area contributed by atoms with E-state index in [0.29, 0.717) is 36.2 Å². The van der Waals surface area contributed by atoms with Gasteiger partial charge in [0, 0.05) is 44.5 Å². The molecule has 29 heavy (non-hydrogen) atoms. The van der Waals surface area contributed by atoms with E-state index in [1.165, 1.54) is 22.8 Å². The zero-order valence-electron chi connectivity index (χ0n) is 16.3. The smallest absolute Gasteiger partial charge is 0.406 e. The Morgan fingerprint density at radius 3 is 2.83 bits per heavy atom. The summed E-state index contributed by atoms with van der Waals surface area (Å²) in [5.74, 6) is -0.362. The molecule has 0 amide bonds. The maximum atomic E-state index is 13.0. The highest BCUT2D eigenvalue weighted by molar-refractivity contribution is 5.81. The van der Waals surface area contributed by atoms with Crippen LogP contribution in [0, 0.1) is 0 Å². The number of pyridine rings is 1. The largest absolute Gasteiger partial charge is 0.573 e. The van der Waals surface area contributed by atoms with Crippen LogP contribution >= 0.6 is 0 Å². The van der Waals surface area contributed by atoms with E-state index in [4.69, 9.17) is 9.47 Å². The quantitative estimate of drug-likeness (QED) is 0.639. The molecule has 0 spiro atoms. The minimum Gasteiger partial charge on any atom is -0.406 e. The van der Waals surface area contributed by atoms with Gasteiger partial charge in [-0.1, -0.05) is 0 Å². The maximum absolute atomic E-state index is 13.0. The lowest BCUT2D eigenvalue weighted by atomic mass is 10.1. The molecular weight excluding hydrogens is 389 g/mol. The Labute approximate surface area is 166 Å². The monoisotopic (exact) mass is 414 g/mol. The normalized spacial score (nSPS) is 17.2. The van der Waals surface area contributed by atoms with Gasteiger partial charge < -0.3 is 24.1 Å². The summed E-state index contributed by atoms with van der Waals surface area (Å²) in [6, 6.07) is 5.71. The molecule has 1 saturated heterocycles. The standard InChI is InChI=1S/C20H25F3N2O4/c1-2-27-9-7-25-18-11-16(29-20(21,22)23)6-5-14(18)10-15(19(25)26)12-24-13-17-4-3-8-28-17/h5-6,10-11,17,24H,2-4,7-9,12-13H2,1H3. The molecule has 3 rings (SSSR count).